The van der Waals surface area contributed by atoms with E-state index in [2.05, 4.69) is 16.6 Å². The molecule has 0 spiro atoms. The van der Waals surface area contributed by atoms with Gasteiger partial charge in [-0.3, -0.25) is 9.59 Å². The number of alkyl carbamates (subject to hydrolysis) is 1. The highest BCUT2D eigenvalue weighted by Crippen LogP contribution is 2.32. The first kappa shape index (κ1) is 28.4. The molecule has 7 heteroatoms. The minimum Gasteiger partial charge on any atom is -0.444 e. The van der Waals surface area contributed by atoms with Crippen LogP contribution < -0.4 is 10.6 Å². The standard InChI is InChI=1S/C29H37N3O4/c1-9-21-15-17-22(18-16-21)25(26(34)31-23-14-12-11-13-20(23)3)32(29(7,8)10-2)24(33)19-30-27(35)36-28(4,5)6/h1,11-18,25H,10,19H2,2-8H3,(H,30,35)(H,31,34). The quantitative estimate of drug-likeness (QED) is 0.497. The van der Waals surface area contributed by atoms with Crippen LogP contribution in [0.4, 0.5) is 10.5 Å². The van der Waals surface area contributed by atoms with Gasteiger partial charge in [0.15, 0.2) is 0 Å². The second kappa shape index (κ2) is 11.8. The Bertz CT molecular complexity index is 1120. The fraction of sp³-hybridized carbons (Fsp3) is 0.414. The Morgan fingerprint density at radius 3 is 2.17 bits per heavy atom. The fourth-order valence-corrected chi connectivity index (χ4v) is 3.64. The van der Waals surface area contributed by atoms with Gasteiger partial charge in [0.05, 0.1) is 0 Å². The van der Waals surface area contributed by atoms with Gasteiger partial charge in [-0.25, -0.2) is 4.79 Å². The van der Waals surface area contributed by atoms with Crippen LogP contribution in [0.2, 0.25) is 0 Å². The zero-order chi connectivity index (χ0) is 27.1. The van der Waals surface area contributed by atoms with E-state index in [1.165, 1.54) is 4.90 Å². The van der Waals surface area contributed by atoms with Crippen LogP contribution in [0, 0.1) is 19.3 Å². The maximum atomic E-state index is 13.8. The lowest BCUT2D eigenvalue weighted by Gasteiger charge is -2.43. The van der Waals surface area contributed by atoms with Gasteiger partial charge in [0.25, 0.3) is 5.91 Å². The van der Waals surface area contributed by atoms with Crippen LogP contribution in [-0.4, -0.2) is 40.5 Å². The number of carbonyl (C=O) groups excluding carboxylic acids is 3. The molecule has 0 radical (unpaired) electrons. The number of terminal acetylenes is 1. The summed E-state index contributed by atoms with van der Waals surface area (Å²) in [5.41, 5.74) is 1.39. The predicted molar refractivity (Wildman–Crippen MR) is 142 cm³/mol. The van der Waals surface area contributed by atoms with Crippen molar-refractivity contribution >= 4 is 23.6 Å². The number of amides is 3. The summed E-state index contributed by atoms with van der Waals surface area (Å²) >= 11 is 0. The van der Waals surface area contributed by atoms with Crippen LogP contribution in [0.15, 0.2) is 48.5 Å². The van der Waals surface area contributed by atoms with Crippen molar-refractivity contribution in [2.75, 3.05) is 11.9 Å². The van der Waals surface area contributed by atoms with Gasteiger partial charge in [0.1, 0.15) is 18.2 Å². The number of ether oxygens (including phenoxy) is 1. The molecule has 192 valence electrons. The number of nitrogens with one attached hydrogen (secondary N) is 2. The Balaban J connectivity index is 2.49. The lowest BCUT2D eigenvalue weighted by atomic mass is 9.92. The normalized spacial score (nSPS) is 12.2. The van der Waals surface area contributed by atoms with E-state index < -0.39 is 29.2 Å². The first-order chi connectivity index (χ1) is 16.8. The molecule has 0 aliphatic carbocycles. The minimum atomic E-state index is -0.973. The number of hydrogen-bond donors (Lipinski definition) is 2. The lowest BCUT2D eigenvalue weighted by Crippen LogP contribution is -2.55. The van der Waals surface area contributed by atoms with Crippen molar-refractivity contribution in [1.29, 1.82) is 0 Å². The van der Waals surface area contributed by atoms with Crippen LogP contribution in [0.25, 0.3) is 0 Å². The molecule has 36 heavy (non-hydrogen) atoms. The second-order valence-corrected chi connectivity index (χ2v) is 10.3. The van der Waals surface area contributed by atoms with E-state index in [4.69, 9.17) is 11.2 Å². The third-order valence-electron chi connectivity index (χ3n) is 5.87. The zero-order valence-electron chi connectivity index (χ0n) is 22.3. The molecule has 2 aromatic carbocycles. The zero-order valence-corrected chi connectivity index (χ0v) is 22.3. The first-order valence-corrected chi connectivity index (χ1v) is 12.0. The number of nitrogens with zero attached hydrogens (tertiary/aromatic N) is 1. The van der Waals surface area contributed by atoms with Crippen LogP contribution in [0.1, 0.15) is 70.7 Å². The van der Waals surface area contributed by atoms with E-state index in [9.17, 15) is 14.4 Å². The summed E-state index contributed by atoms with van der Waals surface area (Å²) in [5.74, 6) is 1.78. The topological polar surface area (TPSA) is 87.7 Å². The average molecular weight is 492 g/mol. The van der Waals surface area contributed by atoms with Gasteiger partial charge < -0.3 is 20.3 Å². The molecule has 7 nitrogen and oxygen atoms in total. The SMILES string of the molecule is C#Cc1ccc(C(C(=O)Nc2ccccc2C)N(C(=O)CNC(=O)OC(C)(C)C)C(C)(C)CC)cc1. The third kappa shape index (κ3) is 7.61. The Hall–Kier alpha value is -3.79. The number of carbonyl (C=O) groups is 3. The summed E-state index contributed by atoms with van der Waals surface area (Å²) in [5, 5.41) is 5.51. The molecule has 0 heterocycles. The van der Waals surface area contributed by atoms with Crippen molar-refractivity contribution in [2.45, 2.75) is 72.1 Å². The molecule has 1 unspecified atom stereocenters. The Kier molecular flexibility index (Phi) is 9.29. The van der Waals surface area contributed by atoms with E-state index in [0.29, 0.717) is 23.2 Å². The highest BCUT2D eigenvalue weighted by Gasteiger charge is 2.40. The smallest absolute Gasteiger partial charge is 0.408 e. The monoisotopic (exact) mass is 491 g/mol. The summed E-state index contributed by atoms with van der Waals surface area (Å²) in [6.45, 7) is 12.5. The Morgan fingerprint density at radius 2 is 1.64 bits per heavy atom. The largest absolute Gasteiger partial charge is 0.444 e. The molecular weight excluding hydrogens is 454 g/mol. The van der Waals surface area contributed by atoms with Crippen LogP contribution in [0.5, 0.6) is 0 Å². The molecule has 3 amide bonds. The average Bonchev–Trinajstić information content (AvgIpc) is 2.81. The van der Waals surface area contributed by atoms with Crippen molar-refractivity contribution in [2.24, 2.45) is 0 Å². The number of rotatable bonds is 8. The Morgan fingerprint density at radius 1 is 1.03 bits per heavy atom. The summed E-state index contributed by atoms with van der Waals surface area (Å²) in [6, 6.07) is 13.5. The summed E-state index contributed by atoms with van der Waals surface area (Å²) in [6.07, 6.45) is 5.39. The van der Waals surface area contributed by atoms with Gasteiger partial charge in [-0.1, -0.05) is 43.2 Å². The number of hydrogen-bond acceptors (Lipinski definition) is 4. The van der Waals surface area contributed by atoms with Gasteiger partial charge in [-0.2, -0.15) is 0 Å². The maximum Gasteiger partial charge on any atom is 0.408 e. The molecule has 0 aromatic heterocycles. The molecular formula is C29H37N3O4. The molecule has 0 aliphatic heterocycles. The molecule has 2 rings (SSSR count). The van der Waals surface area contributed by atoms with Crippen molar-refractivity contribution in [3.63, 3.8) is 0 Å². The minimum absolute atomic E-state index is 0.324. The van der Waals surface area contributed by atoms with E-state index in [-0.39, 0.29) is 12.5 Å². The lowest BCUT2D eigenvalue weighted by molar-refractivity contribution is -0.145. The van der Waals surface area contributed by atoms with Gasteiger partial charge in [-0.05, 0) is 77.3 Å². The van der Waals surface area contributed by atoms with Crippen LogP contribution in [0.3, 0.4) is 0 Å². The second-order valence-electron chi connectivity index (χ2n) is 10.3. The molecule has 0 fully saturated rings. The molecule has 1 atom stereocenters. The van der Waals surface area contributed by atoms with E-state index in [0.717, 1.165) is 5.56 Å². The fourth-order valence-electron chi connectivity index (χ4n) is 3.64. The molecule has 0 saturated heterocycles. The molecule has 0 bridgehead atoms. The van der Waals surface area contributed by atoms with Gasteiger partial charge >= 0.3 is 6.09 Å². The molecule has 2 aromatic rings. The van der Waals surface area contributed by atoms with Crippen LogP contribution in [-0.2, 0) is 14.3 Å². The predicted octanol–water partition coefficient (Wildman–Crippen LogP) is 5.20. The highest BCUT2D eigenvalue weighted by atomic mass is 16.6. The molecule has 0 saturated carbocycles. The van der Waals surface area contributed by atoms with Crippen LogP contribution >= 0.6 is 0 Å². The van der Waals surface area contributed by atoms with Crippen molar-refractivity contribution in [1.82, 2.24) is 10.2 Å². The van der Waals surface area contributed by atoms with E-state index in [1.807, 2.05) is 52.0 Å². The maximum absolute atomic E-state index is 13.8. The summed E-state index contributed by atoms with van der Waals surface area (Å²) < 4.78 is 5.27. The molecule has 2 N–H and O–H groups in total. The number of anilines is 1. The van der Waals surface area contributed by atoms with Crippen molar-refractivity contribution in [3.8, 4) is 12.3 Å². The van der Waals surface area contributed by atoms with Gasteiger partial charge in [0, 0.05) is 16.8 Å². The number of benzene rings is 2. The highest BCUT2D eigenvalue weighted by molar-refractivity contribution is 5.99. The summed E-state index contributed by atoms with van der Waals surface area (Å²) in [7, 11) is 0. The third-order valence-corrected chi connectivity index (χ3v) is 5.87. The van der Waals surface area contributed by atoms with Crippen molar-refractivity contribution < 1.29 is 19.1 Å². The van der Waals surface area contributed by atoms with E-state index in [1.54, 1.807) is 45.0 Å². The van der Waals surface area contributed by atoms with Gasteiger partial charge in [-0.15, -0.1) is 6.42 Å². The Labute approximate surface area is 214 Å². The number of aryl methyl sites for hydroxylation is 1. The number of para-hydroxylation sites is 1. The molecule has 0 aliphatic rings. The van der Waals surface area contributed by atoms with E-state index >= 15 is 0 Å². The van der Waals surface area contributed by atoms with Gasteiger partial charge in [0.2, 0.25) is 5.91 Å². The first-order valence-electron chi connectivity index (χ1n) is 12.0. The van der Waals surface area contributed by atoms with Crippen molar-refractivity contribution in [3.05, 3.63) is 65.2 Å². The summed E-state index contributed by atoms with van der Waals surface area (Å²) in [4.78, 5) is 41.2.